The molecule has 1 aliphatic rings. The molecule has 7 heteroatoms. The molecule has 0 radical (unpaired) electrons. The Bertz CT molecular complexity index is 1200. The molecule has 3 aromatic carbocycles. The molecule has 1 aliphatic heterocycles. The predicted octanol–water partition coefficient (Wildman–Crippen LogP) is 5.11. The number of anilines is 1. The van der Waals surface area contributed by atoms with Gasteiger partial charge in [0.15, 0.2) is 0 Å². The van der Waals surface area contributed by atoms with Crippen LogP contribution in [-0.4, -0.2) is 49.9 Å². The number of para-hydroxylation sites is 1. The van der Waals surface area contributed by atoms with Crippen molar-refractivity contribution in [1.82, 2.24) is 10.2 Å². The summed E-state index contributed by atoms with van der Waals surface area (Å²) in [4.78, 5) is 31.3. The Labute approximate surface area is 215 Å². The second-order valence-corrected chi connectivity index (χ2v) is 9.93. The van der Waals surface area contributed by atoms with Crippen molar-refractivity contribution in [3.8, 4) is 0 Å². The smallest absolute Gasteiger partial charge is 0.265 e. The van der Waals surface area contributed by atoms with Crippen molar-refractivity contribution < 1.29 is 9.59 Å². The SMILES string of the molecule is CN(CCNC(=O)CN1C(=O)C(=Cc2ccc(Cl)cc2)Sc2ccccc21)CCc1ccccc1. The number of carbonyl (C=O) groups is 2. The number of thioether (sulfide) groups is 1. The van der Waals surface area contributed by atoms with Gasteiger partial charge in [-0.25, -0.2) is 0 Å². The molecular formula is C28H28ClN3O2S. The maximum atomic E-state index is 13.3. The fraction of sp³-hybridized carbons (Fsp3) is 0.214. The van der Waals surface area contributed by atoms with Gasteiger partial charge in [-0.3, -0.25) is 14.5 Å². The molecule has 0 bridgehead atoms. The number of nitrogens with one attached hydrogen (secondary N) is 1. The van der Waals surface area contributed by atoms with E-state index < -0.39 is 0 Å². The number of carbonyl (C=O) groups excluding carboxylic acids is 2. The fourth-order valence-electron chi connectivity index (χ4n) is 3.79. The summed E-state index contributed by atoms with van der Waals surface area (Å²) in [7, 11) is 2.05. The molecule has 0 saturated carbocycles. The average Bonchev–Trinajstić information content (AvgIpc) is 2.87. The van der Waals surface area contributed by atoms with Gasteiger partial charge in [-0.2, -0.15) is 0 Å². The van der Waals surface area contributed by atoms with Gasteiger partial charge < -0.3 is 10.2 Å². The topological polar surface area (TPSA) is 52.7 Å². The molecule has 5 nitrogen and oxygen atoms in total. The summed E-state index contributed by atoms with van der Waals surface area (Å²) in [5, 5.41) is 3.61. The van der Waals surface area contributed by atoms with Crippen molar-refractivity contribution in [3.05, 3.63) is 99.9 Å². The minimum atomic E-state index is -0.182. The molecule has 1 N–H and O–H groups in total. The molecule has 180 valence electrons. The molecule has 35 heavy (non-hydrogen) atoms. The van der Waals surface area contributed by atoms with Gasteiger partial charge in [0.2, 0.25) is 5.91 Å². The van der Waals surface area contributed by atoms with Crippen molar-refractivity contribution in [3.63, 3.8) is 0 Å². The first-order chi connectivity index (χ1) is 17.0. The third-order valence-corrected chi connectivity index (χ3v) is 7.07. The van der Waals surface area contributed by atoms with Crippen molar-refractivity contribution >= 4 is 46.9 Å². The molecule has 0 unspecified atom stereocenters. The summed E-state index contributed by atoms with van der Waals surface area (Å²) in [6.45, 7) is 2.15. The summed E-state index contributed by atoms with van der Waals surface area (Å²) in [6, 6.07) is 25.3. The Hall–Kier alpha value is -3.06. The summed E-state index contributed by atoms with van der Waals surface area (Å²) >= 11 is 7.41. The van der Waals surface area contributed by atoms with Gasteiger partial charge in [-0.15, -0.1) is 0 Å². The number of amides is 2. The lowest BCUT2D eigenvalue weighted by Gasteiger charge is -2.30. The number of nitrogens with zero attached hydrogens (tertiary/aromatic N) is 2. The quantitative estimate of drug-likeness (QED) is 0.410. The van der Waals surface area contributed by atoms with E-state index in [1.54, 1.807) is 17.0 Å². The molecular weight excluding hydrogens is 478 g/mol. The molecule has 0 saturated heterocycles. The van der Waals surface area contributed by atoms with E-state index in [1.807, 2.05) is 67.7 Å². The highest BCUT2D eigenvalue weighted by Crippen LogP contribution is 2.41. The van der Waals surface area contributed by atoms with Crippen LogP contribution in [0.4, 0.5) is 5.69 Å². The Morgan fingerprint density at radius 2 is 1.71 bits per heavy atom. The number of fused-ring (bicyclic) bond motifs is 1. The summed E-state index contributed by atoms with van der Waals surface area (Å²) in [5.41, 5.74) is 2.93. The minimum absolute atomic E-state index is 0.0257. The van der Waals surface area contributed by atoms with Crippen LogP contribution in [-0.2, 0) is 16.0 Å². The van der Waals surface area contributed by atoms with Gasteiger partial charge in [-0.05, 0) is 54.9 Å². The Morgan fingerprint density at radius 3 is 2.49 bits per heavy atom. The lowest BCUT2D eigenvalue weighted by molar-refractivity contribution is -0.122. The van der Waals surface area contributed by atoms with Crippen LogP contribution in [0.1, 0.15) is 11.1 Å². The van der Waals surface area contributed by atoms with Gasteiger partial charge in [0.25, 0.3) is 5.91 Å². The molecule has 2 amide bonds. The molecule has 0 aliphatic carbocycles. The minimum Gasteiger partial charge on any atom is -0.353 e. The van der Waals surface area contributed by atoms with Crippen LogP contribution < -0.4 is 10.2 Å². The summed E-state index contributed by atoms with van der Waals surface area (Å²) < 4.78 is 0. The first-order valence-corrected chi connectivity index (χ1v) is 12.7. The van der Waals surface area contributed by atoms with E-state index in [-0.39, 0.29) is 18.4 Å². The number of rotatable bonds is 9. The van der Waals surface area contributed by atoms with E-state index >= 15 is 0 Å². The Balaban J connectivity index is 1.35. The molecule has 4 rings (SSSR count). The van der Waals surface area contributed by atoms with Crippen molar-refractivity contribution in [2.45, 2.75) is 11.3 Å². The van der Waals surface area contributed by atoms with E-state index in [9.17, 15) is 9.59 Å². The van der Waals surface area contributed by atoms with Crippen LogP contribution in [0.3, 0.4) is 0 Å². The average molecular weight is 506 g/mol. The highest BCUT2D eigenvalue weighted by atomic mass is 35.5. The van der Waals surface area contributed by atoms with Gasteiger partial charge in [0.1, 0.15) is 6.54 Å². The lowest BCUT2D eigenvalue weighted by atomic mass is 10.1. The van der Waals surface area contributed by atoms with E-state index in [4.69, 9.17) is 11.6 Å². The second-order valence-electron chi connectivity index (χ2n) is 8.41. The third kappa shape index (κ3) is 6.98. The maximum absolute atomic E-state index is 13.3. The number of benzene rings is 3. The van der Waals surface area contributed by atoms with Crippen LogP contribution in [0.25, 0.3) is 6.08 Å². The zero-order valence-electron chi connectivity index (χ0n) is 19.6. The van der Waals surface area contributed by atoms with Crippen molar-refractivity contribution in [1.29, 1.82) is 0 Å². The summed E-state index contributed by atoms with van der Waals surface area (Å²) in [5.74, 6) is -0.360. The number of halogens is 1. The van der Waals surface area contributed by atoms with E-state index in [0.29, 0.717) is 16.5 Å². The zero-order valence-corrected chi connectivity index (χ0v) is 21.2. The van der Waals surface area contributed by atoms with Gasteiger partial charge >= 0.3 is 0 Å². The molecule has 0 fully saturated rings. The monoisotopic (exact) mass is 505 g/mol. The number of likely N-dealkylation sites (N-methyl/N-ethyl adjacent to an activating group) is 1. The molecule has 0 spiro atoms. The number of hydrogen-bond donors (Lipinski definition) is 1. The standard InChI is InChI=1S/C28H28ClN3O2S/c1-31(17-15-21-7-3-2-4-8-21)18-16-30-27(33)20-32-24-9-5-6-10-25(24)35-26(28(32)34)19-22-11-13-23(29)14-12-22/h2-14,19H,15-18,20H2,1H3,(H,30,33). The van der Waals surface area contributed by atoms with E-state index in [0.717, 1.165) is 35.7 Å². The first kappa shape index (κ1) is 25.0. The lowest BCUT2D eigenvalue weighted by Crippen LogP contribution is -2.44. The highest BCUT2D eigenvalue weighted by Gasteiger charge is 2.30. The van der Waals surface area contributed by atoms with Crippen LogP contribution in [0.15, 0.2) is 88.7 Å². The van der Waals surface area contributed by atoms with Crippen LogP contribution in [0.2, 0.25) is 5.02 Å². The van der Waals surface area contributed by atoms with Crippen LogP contribution in [0.5, 0.6) is 0 Å². The summed E-state index contributed by atoms with van der Waals surface area (Å²) in [6.07, 6.45) is 2.80. The van der Waals surface area contributed by atoms with Crippen LogP contribution >= 0.6 is 23.4 Å². The first-order valence-electron chi connectivity index (χ1n) is 11.5. The molecule has 1 heterocycles. The van der Waals surface area contributed by atoms with Gasteiger partial charge in [-0.1, -0.05) is 78.0 Å². The van der Waals surface area contributed by atoms with Gasteiger partial charge in [0, 0.05) is 29.6 Å². The number of hydrogen-bond acceptors (Lipinski definition) is 4. The molecule has 3 aromatic rings. The highest BCUT2D eigenvalue weighted by molar-refractivity contribution is 8.04. The predicted molar refractivity (Wildman–Crippen MR) is 145 cm³/mol. The molecule has 0 aromatic heterocycles. The van der Waals surface area contributed by atoms with Crippen LogP contribution in [0, 0.1) is 0 Å². The third-order valence-electron chi connectivity index (χ3n) is 5.74. The molecule has 0 atom stereocenters. The van der Waals surface area contributed by atoms with E-state index in [1.165, 1.54) is 17.3 Å². The van der Waals surface area contributed by atoms with Gasteiger partial charge in [0.05, 0.1) is 10.6 Å². The maximum Gasteiger partial charge on any atom is 0.265 e. The van der Waals surface area contributed by atoms with Crippen molar-refractivity contribution in [2.75, 3.05) is 38.1 Å². The Morgan fingerprint density at radius 1 is 1.00 bits per heavy atom. The Kier molecular flexibility index (Phi) is 8.64. The largest absolute Gasteiger partial charge is 0.353 e. The van der Waals surface area contributed by atoms with Crippen molar-refractivity contribution in [2.24, 2.45) is 0 Å². The van der Waals surface area contributed by atoms with E-state index in [2.05, 4.69) is 22.3 Å². The fourth-order valence-corrected chi connectivity index (χ4v) is 4.98. The zero-order chi connectivity index (χ0) is 24.6. The second kappa shape index (κ2) is 12.1. The normalized spacial score (nSPS) is 14.3.